The highest BCUT2D eigenvalue weighted by molar-refractivity contribution is 6.30. The molecule has 0 spiro atoms. The fourth-order valence-corrected chi connectivity index (χ4v) is 2.40. The van der Waals surface area contributed by atoms with Gasteiger partial charge in [0.15, 0.2) is 0 Å². The molecule has 0 heterocycles. The second-order valence-electron chi connectivity index (χ2n) is 6.06. The molecular formula is C16H32ClNO. The van der Waals surface area contributed by atoms with Gasteiger partial charge < -0.3 is 5.32 Å². The van der Waals surface area contributed by atoms with Crippen molar-refractivity contribution < 1.29 is 4.79 Å². The molecule has 0 bridgehead atoms. The SMILES string of the molecule is CCCCCCC(C)(CCCC)CNC(=O)[C@H](C)Cl. The molecule has 114 valence electrons. The van der Waals surface area contributed by atoms with Crippen LogP contribution >= 0.6 is 11.6 Å². The standard InChI is InChI=1S/C16H32ClNO/c1-5-7-9-10-12-16(4,11-8-6-2)13-18-15(19)14(3)17/h14H,5-13H2,1-4H3,(H,18,19)/t14-,16?/m0/s1. The van der Waals surface area contributed by atoms with Gasteiger partial charge in [0.1, 0.15) is 5.38 Å². The van der Waals surface area contributed by atoms with Crippen LogP contribution in [0.15, 0.2) is 0 Å². The predicted molar refractivity (Wildman–Crippen MR) is 84.7 cm³/mol. The number of nitrogens with one attached hydrogen (secondary N) is 1. The van der Waals surface area contributed by atoms with E-state index in [4.69, 9.17) is 11.6 Å². The third-order valence-electron chi connectivity index (χ3n) is 3.82. The highest BCUT2D eigenvalue weighted by atomic mass is 35.5. The van der Waals surface area contributed by atoms with E-state index in [1.807, 2.05) is 0 Å². The van der Waals surface area contributed by atoms with Crippen molar-refractivity contribution in [3.05, 3.63) is 0 Å². The first-order valence-electron chi connectivity index (χ1n) is 7.87. The molecule has 2 atom stereocenters. The summed E-state index contributed by atoms with van der Waals surface area (Å²) >= 11 is 5.79. The predicted octanol–water partition coefficient (Wildman–Crippen LogP) is 4.90. The molecule has 2 nitrogen and oxygen atoms in total. The highest BCUT2D eigenvalue weighted by Crippen LogP contribution is 2.30. The Morgan fingerprint density at radius 2 is 1.68 bits per heavy atom. The largest absolute Gasteiger partial charge is 0.354 e. The van der Waals surface area contributed by atoms with Crippen molar-refractivity contribution in [3.8, 4) is 0 Å². The molecule has 0 aromatic rings. The molecule has 0 aliphatic heterocycles. The molecule has 1 N–H and O–H groups in total. The van der Waals surface area contributed by atoms with Gasteiger partial charge in [0.2, 0.25) is 5.91 Å². The molecule has 0 radical (unpaired) electrons. The number of halogens is 1. The van der Waals surface area contributed by atoms with Crippen LogP contribution in [0.4, 0.5) is 0 Å². The Kier molecular flexibility index (Phi) is 10.4. The summed E-state index contributed by atoms with van der Waals surface area (Å²) < 4.78 is 0. The van der Waals surface area contributed by atoms with E-state index in [2.05, 4.69) is 26.1 Å². The third-order valence-corrected chi connectivity index (χ3v) is 4.02. The fraction of sp³-hybridized carbons (Fsp3) is 0.938. The molecule has 0 aliphatic carbocycles. The van der Waals surface area contributed by atoms with Crippen molar-refractivity contribution in [1.29, 1.82) is 0 Å². The van der Waals surface area contributed by atoms with Gasteiger partial charge in [-0.15, -0.1) is 11.6 Å². The van der Waals surface area contributed by atoms with Crippen molar-refractivity contribution in [3.63, 3.8) is 0 Å². The van der Waals surface area contributed by atoms with Gasteiger partial charge in [-0.25, -0.2) is 0 Å². The van der Waals surface area contributed by atoms with Crippen molar-refractivity contribution in [2.45, 2.75) is 84.4 Å². The second kappa shape index (κ2) is 10.5. The Bertz CT molecular complexity index is 243. The van der Waals surface area contributed by atoms with Crippen LogP contribution in [0, 0.1) is 5.41 Å². The quantitative estimate of drug-likeness (QED) is 0.425. The molecule has 0 fully saturated rings. The highest BCUT2D eigenvalue weighted by Gasteiger charge is 2.24. The molecule has 0 aliphatic rings. The third kappa shape index (κ3) is 9.32. The van der Waals surface area contributed by atoms with E-state index < -0.39 is 5.38 Å². The maximum Gasteiger partial charge on any atom is 0.237 e. The van der Waals surface area contributed by atoms with E-state index in [1.165, 1.54) is 51.4 Å². The van der Waals surface area contributed by atoms with Gasteiger partial charge in [-0.2, -0.15) is 0 Å². The number of rotatable bonds is 11. The van der Waals surface area contributed by atoms with Gasteiger partial charge in [-0.1, -0.05) is 59.3 Å². The van der Waals surface area contributed by atoms with E-state index >= 15 is 0 Å². The Morgan fingerprint density at radius 1 is 1.11 bits per heavy atom. The van der Waals surface area contributed by atoms with E-state index in [9.17, 15) is 4.79 Å². The van der Waals surface area contributed by atoms with Gasteiger partial charge in [0, 0.05) is 6.54 Å². The van der Waals surface area contributed by atoms with Crippen LogP contribution in [0.2, 0.25) is 0 Å². The number of hydrogen-bond donors (Lipinski definition) is 1. The Balaban J connectivity index is 4.20. The average molecular weight is 290 g/mol. The molecule has 19 heavy (non-hydrogen) atoms. The molecule has 1 amide bonds. The van der Waals surface area contributed by atoms with Crippen molar-refractivity contribution in [2.75, 3.05) is 6.54 Å². The number of amides is 1. The Labute approximate surface area is 124 Å². The van der Waals surface area contributed by atoms with E-state index in [-0.39, 0.29) is 11.3 Å². The number of unbranched alkanes of at least 4 members (excludes halogenated alkanes) is 4. The summed E-state index contributed by atoms with van der Waals surface area (Å²) in [5.41, 5.74) is 0.227. The lowest BCUT2D eigenvalue weighted by Gasteiger charge is -2.30. The van der Waals surface area contributed by atoms with Crippen LogP contribution in [0.3, 0.4) is 0 Å². The first-order valence-corrected chi connectivity index (χ1v) is 8.30. The Morgan fingerprint density at radius 3 is 2.21 bits per heavy atom. The molecule has 3 heteroatoms. The first-order chi connectivity index (χ1) is 8.95. The molecule has 0 saturated carbocycles. The van der Waals surface area contributed by atoms with Gasteiger partial charge in [0.25, 0.3) is 0 Å². The van der Waals surface area contributed by atoms with Crippen LogP contribution in [0.5, 0.6) is 0 Å². The smallest absolute Gasteiger partial charge is 0.237 e. The Hall–Kier alpha value is -0.240. The molecule has 1 unspecified atom stereocenters. The molecule has 0 rings (SSSR count). The summed E-state index contributed by atoms with van der Waals surface area (Å²) in [5, 5.41) is 2.57. The zero-order valence-electron chi connectivity index (χ0n) is 13.2. The zero-order valence-corrected chi connectivity index (χ0v) is 14.0. The molecule has 0 aromatic carbocycles. The van der Waals surface area contributed by atoms with Crippen LogP contribution in [-0.2, 0) is 4.79 Å². The number of alkyl halides is 1. The monoisotopic (exact) mass is 289 g/mol. The van der Waals surface area contributed by atoms with Crippen LogP contribution in [-0.4, -0.2) is 17.8 Å². The summed E-state index contributed by atoms with van der Waals surface area (Å²) in [6, 6.07) is 0. The molecular weight excluding hydrogens is 258 g/mol. The lowest BCUT2D eigenvalue weighted by atomic mass is 9.80. The van der Waals surface area contributed by atoms with E-state index in [0.29, 0.717) is 0 Å². The average Bonchev–Trinajstić information content (AvgIpc) is 2.39. The zero-order chi connectivity index (χ0) is 14.7. The van der Waals surface area contributed by atoms with Crippen LogP contribution < -0.4 is 5.32 Å². The maximum absolute atomic E-state index is 11.6. The number of carbonyl (C=O) groups excluding carboxylic acids is 1. The summed E-state index contributed by atoms with van der Waals surface area (Å²) in [4.78, 5) is 11.6. The lowest BCUT2D eigenvalue weighted by Crippen LogP contribution is -2.38. The minimum absolute atomic E-state index is 0.0436. The normalized spacial score (nSPS) is 15.8. The van der Waals surface area contributed by atoms with Gasteiger partial charge in [-0.3, -0.25) is 4.79 Å². The van der Waals surface area contributed by atoms with Crippen molar-refractivity contribution >= 4 is 17.5 Å². The summed E-state index contributed by atoms with van der Waals surface area (Å²) in [6.07, 6.45) is 9.98. The topological polar surface area (TPSA) is 29.1 Å². The number of carbonyl (C=O) groups is 1. The maximum atomic E-state index is 11.6. The minimum atomic E-state index is -0.435. The fourth-order valence-electron chi connectivity index (χ4n) is 2.33. The van der Waals surface area contributed by atoms with E-state index in [0.717, 1.165) is 6.54 Å². The van der Waals surface area contributed by atoms with Gasteiger partial charge in [-0.05, 0) is 25.2 Å². The lowest BCUT2D eigenvalue weighted by molar-refractivity contribution is -0.121. The van der Waals surface area contributed by atoms with Crippen LogP contribution in [0.1, 0.15) is 79.1 Å². The van der Waals surface area contributed by atoms with Gasteiger partial charge in [0.05, 0.1) is 0 Å². The number of hydrogen-bond acceptors (Lipinski definition) is 1. The molecule has 0 aromatic heterocycles. The van der Waals surface area contributed by atoms with Crippen LogP contribution in [0.25, 0.3) is 0 Å². The molecule has 0 saturated heterocycles. The summed E-state index contributed by atoms with van der Waals surface area (Å²) in [6.45, 7) is 9.24. The van der Waals surface area contributed by atoms with Gasteiger partial charge >= 0.3 is 0 Å². The minimum Gasteiger partial charge on any atom is -0.354 e. The van der Waals surface area contributed by atoms with Crippen molar-refractivity contribution in [2.24, 2.45) is 5.41 Å². The first kappa shape index (κ1) is 18.8. The second-order valence-corrected chi connectivity index (χ2v) is 6.71. The summed E-state index contributed by atoms with van der Waals surface area (Å²) in [7, 11) is 0. The van der Waals surface area contributed by atoms with Crippen molar-refractivity contribution in [1.82, 2.24) is 5.32 Å². The van der Waals surface area contributed by atoms with E-state index in [1.54, 1.807) is 6.92 Å². The summed E-state index contributed by atoms with van der Waals surface area (Å²) in [5.74, 6) is -0.0436.